The Bertz CT molecular complexity index is 726. The van der Waals surface area contributed by atoms with Crippen LogP contribution in [0.1, 0.15) is 11.1 Å². The largest absolute Gasteiger partial charge is 0.342 e. The van der Waals surface area contributed by atoms with Gasteiger partial charge in [-0.2, -0.15) is 0 Å². The smallest absolute Gasteiger partial charge is 0.242 e. The van der Waals surface area contributed by atoms with Crippen molar-refractivity contribution < 1.29 is 9.59 Å². The summed E-state index contributed by atoms with van der Waals surface area (Å²) >= 11 is 1.63. The zero-order chi connectivity index (χ0) is 17.3. The molecule has 2 heterocycles. The van der Waals surface area contributed by atoms with Crippen LogP contribution in [0.4, 0.5) is 5.13 Å². The third kappa shape index (κ3) is 3.21. The van der Waals surface area contributed by atoms with Crippen LogP contribution in [0.15, 0.2) is 12.1 Å². The minimum Gasteiger partial charge on any atom is -0.342 e. The molecule has 1 aromatic carbocycles. The minimum absolute atomic E-state index is 0.0794. The van der Waals surface area contributed by atoms with E-state index in [2.05, 4.69) is 26.0 Å². The van der Waals surface area contributed by atoms with Crippen molar-refractivity contribution in [2.75, 3.05) is 44.7 Å². The van der Waals surface area contributed by atoms with E-state index in [1.165, 1.54) is 10.3 Å². The molecule has 3 rings (SSSR count). The van der Waals surface area contributed by atoms with Gasteiger partial charge in [0.05, 0.1) is 16.8 Å². The quantitative estimate of drug-likeness (QED) is 0.790. The fourth-order valence-corrected chi connectivity index (χ4v) is 3.93. The number of likely N-dealkylation sites (N-methyl/N-ethyl adjacent to an activating group) is 1. The zero-order valence-electron chi connectivity index (χ0n) is 14.3. The Morgan fingerprint density at radius 1 is 1.25 bits per heavy atom. The topological polar surface area (TPSA) is 56.8 Å². The molecule has 1 fully saturated rings. The average molecular weight is 346 g/mol. The molecule has 0 unspecified atom stereocenters. The lowest BCUT2D eigenvalue weighted by Crippen LogP contribution is -2.50. The van der Waals surface area contributed by atoms with Gasteiger partial charge in [0.1, 0.15) is 0 Å². The van der Waals surface area contributed by atoms with Crippen molar-refractivity contribution in [1.29, 1.82) is 0 Å². The van der Waals surface area contributed by atoms with Gasteiger partial charge < -0.3 is 14.7 Å². The average Bonchev–Trinajstić information content (AvgIpc) is 3.05. The molecule has 0 bridgehead atoms. The van der Waals surface area contributed by atoms with Crippen molar-refractivity contribution in [3.63, 3.8) is 0 Å². The highest BCUT2D eigenvalue weighted by atomic mass is 32.1. The van der Waals surface area contributed by atoms with Crippen molar-refractivity contribution in [2.24, 2.45) is 0 Å². The van der Waals surface area contributed by atoms with Gasteiger partial charge in [0, 0.05) is 33.2 Å². The molecule has 24 heavy (non-hydrogen) atoms. The van der Waals surface area contributed by atoms with Crippen LogP contribution in [0.25, 0.3) is 10.2 Å². The fourth-order valence-electron chi connectivity index (χ4n) is 2.86. The van der Waals surface area contributed by atoms with E-state index in [4.69, 9.17) is 4.98 Å². The number of amides is 2. The first kappa shape index (κ1) is 16.7. The van der Waals surface area contributed by atoms with Crippen molar-refractivity contribution in [2.45, 2.75) is 13.8 Å². The summed E-state index contributed by atoms with van der Waals surface area (Å²) in [5.41, 5.74) is 3.39. The number of hydrogen-bond donors (Lipinski definition) is 0. The number of rotatable bonds is 4. The molecule has 0 saturated carbocycles. The summed E-state index contributed by atoms with van der Waals surface area (Å²) in [5, 5.41) is 0.863. The molecule has 2 aromatic rings. The Morgan fingerprint density at radius 2 is 1.92 bits per heavy atom. The predicted molar refractivity (Wildman–Crippen MR) is 96.6 cm³/mol. The number of fused-ring (bicyclic) bond motifs is 1. The normalized spacial score (nSPS) is 15.0. The maximum Gasteiger partial charge on any atom is 0.242 e. The van der Waals surface area contributed by atoms with Gasteiger partial charge in [0.15, 0.2) is 5.13 Å². The number of thiazole rings is 1. The molecule has 0 spiro atoms. The van der Waals surface area contributed by atoms with Crippen molar-refractivity contribution in [1.82, 2.24) is 14.8 Å². The molecule has 128 valence electrons. The Kier molecular flexibility index (Phi) is 4.71. The maximum absolute atomic E-state index is 12.5. The molecule has 1 aromatic heterocycles. The van der Waals surface area contributed by atoms with Crippen LogP contribution in [0.2, 0.25) is 0 Å². The number of aromatic nitrogens is 1. The molecule has 7 heteroatoms. The van der Waals surface area contributed by atoms with E-state index in [-0.39, 0.29) is 5.91 Å². The van der Waals surface area contributed by atoms with E-state index in [1.807, 2.05) is 16.8 Å². The lowest BCUT2D eigenvalue weighted by Gasteiger charge is -2.33. The van der Waals surface area contributed by atoms with Crippen molar-refractivity contribution in [3.05, 3.63) is 23.3 Å². The monoisotopic (exact) mass is 346 g/mol. The second-order valence-corrected chi connectivity index (χ2v) is 7.23. The molecule has 1 aliphatic rings. The summed E-state index contributed by atoms with van der Waals surface area (Å²) < 4.78 is 1.18. The number of carbonyl (C=O) groups excluding carboxylic acids is 2. The lowest BCUT2D eigenvalue weighted by molar-refractivity contribution is -0.133. The van der Waals surface area contributed by atoms with Crippen LogP contribution in [0, 0.1) is 13.8 Å². The Balaban J connectivity index is 1.70. The molecule has 1 aliphatic heterocycles. The zero-order valence-corrected chi connectivity index (χ0v) is 15.1. The lowest BCUT2D eigenvalue weighted by atomic mass is 10.1. The molecule has 0 atom stereocenters. The second-order valence-electron chi connectivity index (χ2n) is 6.25. The number of piperazine rings is 1. The van der Waals surface area contributed by atoms with Crippen LogP contribution in [-0.2, 0) is 9.59 Å². The molecule has 0 N–H and O–H groups in total. The Morgan fingerprint density at radius 3 is 2.54 bits per heavy atom. The van der Waals surface area contributed by atoms with Gasteiger partial charge in [-0.25, -0.2) is 4.98 Å². The number of nitrogens with zero attached hydrogens (tertiary/aromatic N) is 4. The van der Waals surface area contributed by atoms with Gasteiger partial charge in [-0.1, -0.05) is 23.5 Å². The number of hydrogen-bond acceptors (Lipinski definition) is 5. The first-order valence-electron chi connectivity index (χ1n) is 8.04. The van der Waals surface area contributed by atoms with Crippen LogP contribution >= 0.6 is 11.3 Å². The van der Waals surface area contributed by atoms with E-state index in [0.29, 0.717) is 32.7 Å². The van der Waals surface area contributed by atoms with E-state index < -0.39 is 0 Å². The molecular weight excluding hydrogens is 324 g/mol. The first-order chi connectivity index (χ1) is 11.5. The number of aryl methyl sites for hydroxylation is 2. The third-order valence-corrected chi connectivity index (χ3v) is 5.75. The summed E-state index contributed by atoms with van der Waals surface area (Å²) in [7, 11) is 1.90. The number of anilines is 1. The Hall–Kier alpha value is -2.15. The van der Waals surface area contributed by atoms with Gasteiger partial charge in [0.25, 0.3) is 0 Å². The molecule has 1 saturated heterocycles. The fraction of sp³-hybridized carbons (Fsp3) is 0.471. The summed E-state index contributed by atoms with van der Waals surface area (Å²) in [5.74, 6) is 0.0794. The number of benzene rings is 1. The molecule has 6 nitrogen and oxygen atoms in total. The van der Waals surface area contributed by atoms with Crippen LogP contribution in [0.3, 0.4) is 0 Å². The van der Waals surface area contributed by atoms with E-state index in [0.717, 1.165) is 22.6 Å². The molecular formula is C17H22N4O2S. The first-order valence-corrected chi connectivity index (χ1v) is 8.86. The van der Waals surface area contributed by atoms with Gasteiger partial charge >= 0.3 is 0 Å². The highest BCUT2D eigenvalue weighted by Crippen LogP contribution is 2.32. The minimum atomic E-state index is 0.0794. The van der Waals surface area contributed by atoms with Gasteiger partial charge in [0.2, 0.25) is 12.3 Å². The molecule has 2 amide bonds. The SMILES string of the molecule is Cc1ccc(C)c2sc(N(C)CC(=O)N3CCN(C=O)CC3)nc12. The Labute approximate surface area is 145 Å². The molecule has 0 radical (unpaired) electrons. The summed E-state index contributed by atoms with van der Waals surface area (Å²) in [6.07, 6.45) is 0.847. The number of carbonyl (C=O) groups is 2. The highest BCUT2D eigenvalue weighted by Gasteiger charge is 2.22. The molecule has 0 aliphatic carbocycles. The highest BCUT2D eigenvalue weighted by molar-refractivity contribution is 7.22. The van der Waals surface area contributed by atoms with E-state index in [1.54, 1.807) is 16.2 Å². The third-order valence-electron chi connectivity index (χ3n) is 4.45. The van der Waals surface area contributed by atoms with Crippen molar-refractivity contribution in [3.8, 4) is 0 Å². The van der Waals surface area contributed by atoms with Crippen LogP contribution in [0.5, 0.6) is 0 Å². The second kappa shape index (κ2) is 6.76. The predicted octanol–water partition coefficient (Wildman–Crippen LogP) is 1.65. The van der Waals surface area contributed by atoms with Gasteiger partial charge in [-0.15, -0.1) is 0 Å². The summed E-state index contributed by atoms with van der Waals surface area (Å²) in [4.78, 5) is 33.4. The standard InChI is InChI=1S/C17H22N4O2S/c1-12-4-5-13(2)16-15(12)18-17(24-16)19(3)10-14(23)21-8-6-20(11-22)7-9-21/h4-5,11H,6-10H2,1-3H3. The summed E-state index contributed by atoms with van der Waals surface area (Å²) in [6, 6.07) is 4.19. The van der Waals surface area contributed by atoms with Crippen LogP contribution < -0.4 is 4.90 Å². The maximum atomic E-state index is 12.5. The van der Waals surface area contributed by atoms with E-state index in [9.17, 15) is 9.59 Å². The van der Waals surface area contributed by atoms with Crippen molar-refractivity contribution >= 4 is 39.0 Å². The van der Waals surface area contributed by atoms with Crippen LogP contribution in [-0.4, -0.2) is 66.9 Å². The summed E-state index contributed by atoms with van der Waals surface area (Å²) in [6.45, 7) is 6.87. The van der Waals surface area contributed by atoms with E-state index >= 15 is 0 Å². The van der Waals surface area contributed by atoms with Gasteiger partial charge in [-0.05, 0) is 25.0 Å². The van der Waals surface area contributed by atoms with Gasteiger partial charge in [-0.3, -0.25) is 9.59 Å².